The number of benzene rings is 1. The van der Waals surface area contributed by atoms with E-state index in [1.165, 1.54) is 5.56 Å². The summed E-state index contributed by atoms with van der Waals surface area (Å²) in [5.74, 6) is 0.907. The standard InChI is InChI=1S/C21H30O3/c1-6-11-21-17-14(12-15(8-3)20(21,5)23)9-10-16(22)18(17)24-19(21)13(4)7-2/h9-10,15,19,22-23H,4,6-8,11-12H2,1-3,5H3. The molecule has 1 aromatic carbocycles. The third kappa shape index (κ3) is 2.00. The van der Waals surface area contributed by atoms with Crippen LogP contribution in [0.3, 0.4) is 0 Å². The molecule has 3 nitrogen and oxygen atoms in total. The van der Waals surface area contributed by atoms with E-state index in [1.807, 2.05) is 13.0 Å². The maximum atomic E-state index is 11.8. The van der Waals surface area contributed by atoms with Gasteiger partial charge in [-0.2, -0.15) is 0 Å². The van der Waals surface area contributed by atoms with Gasteiger partial charge in [-0.05, 0) is 49.3 Å². The Hall–Kier alpha value is -1.48. The summed E-state index contributed by atoms with van der Waals surface area (Å²) in [6.07, 6.45) is 4.02. The van der Waals surface area contributed by atoms with E-state index in [4.69, 9.17) is 4.74 Å². The van der Waals surface area contributed by atoms with Crippen LogP contribution in [-0.4, -0.2) is 21.9 Å². The Morgan fingerprint density at radius 1 is 1.33 bits per heavy atom. The van der Waals surface area contributed by atoms with Crippen LogP contribution in [0.4, 0.5) is 0 Å². The van der Waals surface area contributed by atoms with E-state index in [2.05, 4.69) is 27.4 Å². The van der Waals surface area contributed by atoms with E-state index >= 15 is 0 Å². The summed E-state index contributed by atoms with van der Waals surface area (Å²) >= 11 is 0. The van der Waals surface area contributed by atoms with Gasteiger partial charge in [0.25, 0.3) is 0 Å². The first-order chi connectivity index (χ1) is 11.3. The highest BCUT2D eigenvalue weighted by molar-refractivity contribution is 5.62. The smallest absolute Gasteiger partial charge is 0.166 e. The normalized spacial score (nSPS) is 33.9. The molecule has 2 aliphatic rings. The molecule has 0 spiro atoms. The molecule has 132 valence electrons. The monoisotopic (exact) mass is 330 g/mol. The highest BCUT2D eigenvalue weighted by Gasteiger charge is 2.64. The Morgan fingerprint density at radius 2 is 2.04 bits per heavy atom. The predicted molar refractivity (Wildman–Crippen MR) is 96.6 cm³/mol. The minimum atomic E-state index is -0.896. The van der Waals surface area contributed by atoms with Gasteiger partial charge in [0.2, 0.25) is 0 Å². The predicted octanol–water partition coefficient (Wildman–Crippen LogP) is 4.49. The van der Waals surface area contributed by atoms with E-state index in [9.17, 15) is 10.2 Å². The Bertz CT molecular complexity index is 661. The molecule has 0 radical (unpaired) electrons. The van der Waals surface area contributed by atoms with Gasteiger partial charge in [0.1, 0.15) is 6.10 Å². The first kappa shape index (κ1) is 17.3. The Morgan fingerprint density at radius 3 is 2.62 bits per heavy atom. The average Bonchev–Trinajstić information content (AvgIpc) is 2.91. The molecule has 1 aromatic rings. The van der Waals surface area contributed by atoms with E-state index < -0.39 is 11.0 Å². The van der Waals surface area contributed by atoms with Crippen LogP contribution in [-0.2, 0) is 11.8 Å². The summed E-state index contributed by atoms with van der Waals surface area (Å²) < 4.78 is 6.29. The fourth-order valence-electron chi connectivity index (χ4n) is 5.15. The van der Waals surface area contributed by atoms with Gasteiger partial charge in [0.05, 0.1) is 11.0 Å². The van der Waals surface area contributed by atoms with Crippen LogP contribution in [0.2, 0.25) is 0 Å². The largest absolute Gasteiger partial charge is 0.504 e. The quantitative estimate of drug-likeness (QED) is 0.782. The van der Waals surface area contributed by atoms with Crippen molar-refractivity contribution in [2.24, 2.45) is 5.92 Å². The fraction of sp³-hybridized carbons (Fsp3) is 0.619. The summed E-state index contributed by atoms with van der Waals surface area (Å²) in [6, 6.07) is 3.74. The number of ether oxygens (including phenoxy) is 1. The molecule has 1 aliphatic heterocycles. The van der Waals surface area contributed by atoms with Crippen molar-refractivity contribution in [1.29, 1.82) is 0 Å². The molecule has 2 N–H and O–H groups in total. The van der Waals surface area contributed by atoms with Crippen LogP contribution < -0.4 is 4.74 Å². The first-order valence-corrected chi connectivity index (χ1v) is 9.27. The molecule has 0 saturated carbocycles. The summed E-state index contributed by atoms with van der Waals surface area (Å²) in [5.41, 5.74) is 1.80. The molecule has 24 heavy (non-hydrogen) atoms. The molecule has 4 unspecified atom stereocenters. The van der Waals surface area contributed by atoms with Crippen molar-refractivity contribution in [2.45, 2.75) is 76.9 Å². The zero-order valence-corrected chi connectivity index (χ0v) is 15.4. The molecule has 3 rings (SSSR count). The lowest BCUT2D eigenvalue weighted by Gasteiger charge is -2.53. The third-order valence-corrected chi connectivity index (χ3v) is 6.48. The Balaban J connectivity index is 2.34. The van der Waals surface area contributed by atoms with Crippen molar-refractivity contribution in [3.63, 3.8) is 0 Å². The molecule has 0 amide bonds. The molecule has 0 saturated heterocycles. The van der Waals surface area contributed by atoms with Gasteiger partial charge in [0.15, 0.2) is 11.5 Å². The molecular formula is C21H30O3. The molecule has 4 atom stereocenters. The lowest BCUT2D eigenvalue weighted by Crippen LogP contribution is -2.62. The second-order valence-corrected chi connectivity index (χ2v) is 7.64. The lowest BCUT2D eigenvalue weighted by molar-refractivity contribution is -0.106. The van der Waals surface area contributed by atoms with Crippen LogP contribution >= 0.6 is 0 Å². The number of phenols is 1. The van der Waals surface area contributed by atoms with E-state index in [0.29, 0.717) is 5.75 Å². The van der Waals surface area contributed by atoms with Crippen LogP contribution in [0.1, 0.15) is 64.5 Å². The van der Waals surface area contributed by atoms with Crippen LogP contribution in [0.15, 0.2) is 24.3 Å². The van der Waals surface area contributed by atoms with E-state index in [0.717, 1.165) is 43.2 Å². The van der Waals surface area contributed by atoms with Crippen molar-refractivity contribution in [1.82, 2.24) is 0 Å². The van der Waals surface area contributed by atoms with Crippen LogP contribution in [0.5, 0.6) is 11.5 Å². The van der Waals surface area contributed by atoms with Crippen molar-refractivity contribution in [3.8, 4) is 11.5 Å². The summed E-state index contributed by atoms with van der Waals surface area (Å²) in [4.78, 5) is 0. The molecule has 1 aliphatic carbocycles. The minimum Gasteiger partial charge on any atom is -0.504 e. The number of hydrogen-bond acceptors (Lipinski definition) is 3. The molecule has 0 aromatic heterocycles. The molecule has 0 fully saturated rings. The zero-order chi connectivity index (χ0) is 17.7. The van der Waals surface area contributed by atoms with Gasteiger partial charge in [0, 0.05) is 5.56 Å². The minimum absolute atomic E-state index is 0.169. The summed E-state index contributed by atoms with van der Waals surface area (Å²) in [7, 11) is 0. The summed E-state index contributed by atoms with van der Waals surface area (Å²) in [6.45, 7) is 12.6. The van der Waals surface area contributed by atoms with Crippen molar-refractivity contribution >= 4 is 0 Å². The Labute approximate surface area is 145 Å². The average molecular weight is 330 g/mol. The SMILES string of the molecule is C=C(CC)C1Oc2c(O)ccc3c2C1(CCC)C(C)(O)C(CC)C3. The second kappa shape index (κ2) is 5.80. The topological polar surface area (TPSA) is 49.7 Å². The zero-order valence-electron chi connectivity index (χ0n) is 15.4. The molecular weight excluding hydrogens is 300 g/mol. The summed E-state index contributed by atoms with van der Waals surface area (Å²) in [5, 5.41) is 22.2. The second-order valence-electron chi connectivity index (χ2n) is 7.64. The number of aliphatic hydroxyl groups is 1. The van der Waals surface area contributed by atoms with Crippen molar-refractivity contribution in [2.75, 3.05) is 0 Å². The van der Waals surface area contributed by atoms with Crippen molar-refractivity contribution in [3.05, 3.63) is 35.4 Å². The van der Waals surface area contributed by atoms with Crippen molar-refractivity contribution < 1.29 is 14.9 Å². The van der Waals surface area contributed by atoms with E-state index in [-0.39, 0.29) is 17.8 Å². The lowest BCUT2D eigenvalue weighted by atomic mass is 9.52. The van der Waals surface area contributed by atoms with Gasteiger partial charge < -0.3 is 14.9 Å². The fourth-order valence-corrected chi connectivity index (χ4v) is 5.15. The van der Waals surface area contributed by atoms with Gasteiger partial charge in [-0.15, -0.1) is 0 Å². The van der Waals surface area contributed by atoms with Gasteiger partial charge in [-0.3, -0.25) is 0 Å². The third-order valence-electron chi connectivity index (χ3n) is 6.48. The van der Waals surface area contributed by atoms with Crippen LogP contribution in [0, 0.1) is 5.92 Å². The molecule has 0 bridgehead atoms. The van der Waals surface area contributed by atoms with E-state index in [1.54, 1.807) is 6.07 Å². The van der Waals surface area contributed by atoms with Crippen LogP contribution in [0.25, 0.3) is 0 Å². The highest BCUT2D eigenvalue weighted by Crippen LogP contribution is 2.62. The molecule has 1 heterocycles. The van der Waals surface area contributed by atoms with Gasteiger partial charge >= 0.3 is 0 Å². The number of aromatic hydroxyl groups is 1. The number of rotatable bonds is 5. The maximum absolute atomic E-state index is 11.8. The maximum Gasteiger partial charge on any atom is 0.166 e. The Kier molecular flexibility index (Phi) is 4.19. The number of phenolic OH excluding ortho intramolecular Hbond substituents is 1. The van der Waals surface area contributed by atoms with Gasteiger partial charge in [-0.1, -0.05) is 46.3 Å². The highest BCUT2D eigenvalue weighted by atomic mass is 16.5. The first-order valence-electron chi connectivity index (χ1n) is 9.27. The molecule has 3 heteroatoms. The number of hydrogen-bond donors (Lipinski definition) is 2. The van der Waals surface area contributed by atoms with Gasteiger partial charge in [-0.25, -0.2) is 0 Å².